The second-order valence-corrected chi connectivity index (χ2v) is 9.59. The highest BCUT2D eigenvalue weighted by Crippen LogP contribution is 2.23. The van der Waals surface area contributed by atoms with E-state index in [1.807, 2.05) is 12.1 Å². The van der Waals surface area contributed by atoms with Crippen LogP contribution in [0.15, 0.2) is 43.0 Å². The first-order chi connectivity index (χ1) is 15.7. The van der Waals surface area contributed by atoms with Crippen LogP contribution in [0.1, 0.15) is 122 Å². The summed E-state index contributed by atoms with van der Waals surface area (Å²) in [5.41, 5.74) is 1.21. The molecule has 0 spiro atoms. The van der Waals surface area contributed by atoms with Crippen LogP contribution in [0.3, 0.4) is 0 Å². The van der Waals surface area contributed by atoms with E-state index in [4.69, 9.17) is 4.74 Å². The predicted molar refractivity (Wildman–Crippen MR) is 140 cm³/mol. The number of unbranched alkanes of at least 4 members (excludes halogenated alkanes) is 11. The molecule has 0 aliphatic heterocycles. The van der Waals surface area contributed by atoms with E-state index in [9.17, 15) is 5.11 Å². The zero-order valence-electron chi connectivity index (χ0n) is 21.3. The Morgan fingerprint density at radius 3 is 1.91 bits per heavy atom. The van der Waals surface area contributed by atoms with Gasteiger partial charge in [0.25, 0.3) is 0 Å². The van der Waals surface area contributed by atoms with Gasteiger partial charge in [0.15, 0.2) is 0 Å². The molecular weight excluding hydrogens is 392 g/mol. The average Bonchev–Trinajstić information content (AvgIpc) is 2.82. The van der Waals surface area contributed by atoms with Gasteiger partial charge in [-0.15, -0.1) is 6.58 Å². The number of hydrogen-bond donors (Lipinski definition) is 1. The Morgan fingerprint density at radius 2 is 1.31 bits per heavy atom. The molecule has 0 heterocycles. The molecule has 0 saturated carbocycles. The first-order valence-corrected chi connectivity index (χ1v) is 13.7. The molecule has 184 valence electrons. The fraction of sp³-hybridized carbons (Fsp3) is 0.733. The third-order valence-corrected chi connectivity index (χ3v) is 6.65. The minimum absolute atomic E-state index is 0.118. The number of aliphatic hydroxyl groups excluding tert-OH is 1. The zero-order chi connectivity index (χ0) is 23.3. The minimum Gasteiger partial charge on any atom is -0.392 e. The highest BCUT2D eigenvalue weighted by Gasteiger charge is 2.21. The van der Waals surface area contributed by atoms with Crippen LogP contribution in [-0.4, -0.2) is 17.3 Å². The standard InChI is InChI=1S/C30H52O2/c1-4-7-9-11-12-13-14-15-20-24-29(32-26-27-21-17-16-18-22-27)25-30(31)28(6-3)23-19-10-8-5-2/h6,16-18,21-22,28-31H,3-5,7-15,19-20,23-26H2,1-2H3/t28-,29+,30+/m0/s1. The molecule has 2 heteroatoms. The van der Waals surface area contributed by atoms with Crippen molar-refractivity contribution in [1.29, 1.82) is 0 Å². The molecule has 1 aromatic rings. The maximum Gasteiger partial charge on any atom is 0.0720 e. The monoisotopic (exact) mass is 444 g/mol. The van der Waals surface area contributed by atoms with Crippen LogP contribution in [0.2, 0.25) is 0 Å². The van der Waals surface area contributed by atoms with Crippen LogP contribution in [0.25, 0.3) is 0 Å². The normalized spacial score (nSPS) is 14.2. The summed E-state index contributed by atoms with van der Waals surface area (Å²) in [6.45, 7) is 9.15. The molecule has 1 rings (SSSR count). The summed E-state index contributed by atoms with van der Waals surface area (Å²) in [6, 6.07) is 10.4. The quantitative estimate of drug-likeness (QED) is 0.143. The van der Waals surface area contributed by atoms with Gasteiger partial charge >= 0.3 is 0 Å². The number of aliphatic hydroxyl groups is 1. The molecule has 0 aromatic heterocycles. The van der Waals surface area contributed by atoms with Crippen molar-refractivity contribution in [3.8, 4) is 0 Å². The van der Waals surface area contributed by atoms with Crippen molar-refractivity contribution in [2.45, 2.75) is 135 Å². The second-order valence-electron chi connectivity index (χ2n) is 9.59. The summed E-state index contributed by atoms with van der Waals surface area (Å²) in [5.74, 6) is 0.179. The van der Waals surface area contributed by atoms with E-state index in [0.29, 0.717) is 13.0 Å². The lowest BCUT2D eigenvalue weighted by Crippen LogP contribution is -2.26. The van der Waals surface area contributed by atoms with Crippen LogP contribution in [0, 0.1) is 5.92 Å². The van der Waals surface area contributed by atoms with Gasteiger partial charge in [0.1, 0.15) is 0 Å². The van der Waals surface area contributed by atoms with Gasteiger partial charge in [-0.25, -0.2) is 0 Å². The summed E-state index contributed by atoms with van der Waals surface area (Å²) in [6.07, 6.45) is 21.5. The molecule has 0 amide bonds. The SMILES string of the molecule is C=C[C@@H](CCCCCC)[C@H](O)C[C@@H](CCCCCCCCCCC)OCc1ccccc1. The number of hydrogen-bond acceptors (Lipinski definition) is 2. The molecule has 0 unspecified atom stereocenters. The molecule has 0 fully saturated rings. The first-order valence-electron chi connectivity index (χ1n) is 13.7. The lowest BCUT2D eigenvalue weighted by atomic mass is 9.90. The lowest BCUT2D eigenvalue weighted by Gasteiger charge is -2.25. The molecular formula is C30H52O2. The Morgan fingerprint density at radius 1 is 0.781 bits per heavy atom. The topological polar surface area (TPSA) is 29.5 Å². The van der Waals surface area contributed by atoms with Crippen LogP contribution < -0.4 is 0 Å². The van der Waals surface area contributed by atoms with Crippen molar-refractivity contribution < 1.29 is 9.84 Å². The Balaban J connectivity index is 2.42. The van der Waals surface area contributed by atoms with Gasteiger partial charge in [0.05, 0.1) is 18.8 Å². The van der Waals surface area contributed by atoms with E-state index in [0.717, 1.165) is 12.8 Å². The molecule has 3 atom stereocenters. The van der Waals surface area contributed by atoms with Crippen LogP contribution in [-0.2, 0) is 11.3 Å². The highest BCUT2D eigenvalue weighted by molar-refractivity contribution is 5.13. The summed E-state index contributed by atoms with van der Waals surface area (Å²) in [7, 11) is 0. The highest BCUT2D eigenvalue weighted by atomic mass is 16.5. The van der Waals surface area contributed by atoms with E-state index in [1.165, 1.54) is 89.0 Å². The van der Waals surface area contributed by atoms with Crippen LogP contribution in [0.4, 0.5) is 0 Å². The molecule has 2 nitrogen and oxygen atoms in total. The molecule has 0 radical (unpaired) electrons. The molecule has 1 aromatic carbocycles. The third kappa shape index (κ3) is 14.9. The van der Waals surface area contributed by atoms with Crippen molar-refractivity contribution in [3.05, 3.63) is 48.6 Å². The molecule has 0 saturated heterocycles. The van der Waals surface area contributed by atoms with Crippen LogP contribution in [0.5, 0.6) is 0 Å². The van der Waals surface area contributed by atoms with E-state index >= 15 is 0 Å². The summed E-state index contributed by atoms with van der Waals surface area (Å²) in [5, 5.41) is 10.9. The van der Waals surface area contributed by atoms with Gasteiger partial charge in [0.2, 0.25) is 0 Å². The molecule has 32 heavy (non-hydrogen) atoms. The van der Waals surface area contributed by atoms with Crippen molar-refractivity contribution in [3.63, 3.8) is 0 Å². The van der Waals surface area contributed by atoms with Gasteiger partial charge in [-0.05, 0) is 18.4 Å². The molecule has 1 N–H and O–H groups in total. The Kier molecular flexibility index (Phi) is 18.5. The Labute approximate surface area is 199 Å². The van der Waals surface area contributed by atoms with Gasteiger partial charge in [-0.1, -0.05) is 134 Å². The summed E-state index contributed by atoms with van der Waals surface area (Å²) < 4.78 is 6.31. The average molecular weight is 445 g/mol. The van der Waals surface area contributed by atoms with Crippen molar-refractivity contribution >= 4 is 0 Å². The van der Waals surface area contributed by atoms with Crippen LogP contribution >= 0.6 is 0 Å². The van der Waals surface area contributed by atoms with Crippen molar-refractivity contribution in [1.82, 2.24) is 0 Å². The number of rotatable bonds is 22. The minimum atomic E-state index is -0.353. The number of benzene rings is 1. The van der Waals surface area contributed by atoms with E-state index in [1.54, 1.807) is 0 Å². The van der Waals surface area contributed by atoms with Gasteiger partial charge < -0.3 is 9.84 Å². The van der Waals surface area contributed by atoms with Gasteiger partial charge in [-0.3, -0.25) is 0 Å². The second kappa shape index (κ2) is 20.5. The Hall–Kier alpha value is -1.12. The Bertz CT molecular complexity index is 527. The third-order valence-electron chi connectivity index (χ3n) is 6.65. The lowest BCUT2D eigenvalue weighted by molar-refractivity contribution is -0.0122. The molecule has 0 bridgehead atoms. The maximum absolute atomic E-state index is 10.9. The van der Waals surface area contributed by atoms with Gasteiger partial charge in [0, 0.05) is 12.3 Å². The van der Waals surface area contributed by atoms with E-state index in [-0.39, 0.29) is 18.1 Å². The summed E-state index contributed by atoms with van der Waals surface area (Å²) >= 11 is 0. The maximum atomic E-state index is 10.9. The summed E-state index contributed by atoms with van der Waals surface area (Å²) in [4.78, 5) is 0. The van der Waals surface area contributed by atoms with Crippen molar-refractivity contribution in [2.75, 3.05) is 0 Å². The molecule has 0 aliphatic rings. The zero-order valence-corrected chi connectivity index (χ0v) is 21.3. The smallest absolute Gasteiger partial charge is 0.0720 e. The van der Waals surface area contributed by atoms with Gasteiger partial charge in [-0.2, -0.15) is 0 Å². The predicted octanol–water partition coefficient (Wildman–Crippen LogP) is 9.02. The van der Waals surface area contributed by atoms with E-state index < -0.39 is 0 Å². The van der Waals surface area contributed by atoms with E-state index in [2.05, 4.69) is 44.7 Å². The first kappa shape index (κ1) is 28.9. The number of ether oxygens (including phenoxy) is 1. The van der Waals surface area contributed by atoms with Crippen molar-refractivity contribution in [2.24, 2.45) is 5.92 Å². The fourth-order valence-corrected chi connectivity index (χ4v) is 4.46. The fourth-order valence-electron chi connectivity index (χ4n) is 4.46. The molecule has 0 aliphatic carbocycles. The largest absolute Gasteiger partial charge is 0.392 e.